The molecule has 0 aromatic carbocycles. The van der Waals surface area contributed by atoms with Crippen molar-refractivity contribution in [1.29, 1.82) is 0 Å². The molecule has 0 aromatic heterocycles. The van der Waals surface area contributed by atoms with Crippen LogP contribution >= 0.6 is 0 Å². The molecule has 0 unspecified atom stereocenters. The number of ether oxygens (including phenoxy) is 1. The molecule has 3 rings (SSSR count). The fourth-order valence-corrected chi connectivity index (χ4v) is 2.99. The van der Waals surface area contributed by atoms with E-state index in [9.17, 15) is 4.79 Å². The summed E-state index contributed by atoms with van der Waals surface area (Å²) in [5.41, 5.74) is 0.0189. The Kier molecular flexibility index (Phi) is 2.64. The maximum Gasteiger partial charge on any atom is 0.228 e. The van der Waals surface area contributed by atoms with Gasteiger partial charge < -0.3 is 15.0 Å². The van der Waals surface area contributed by atoms with Crippen molar-refractivity contribution in [3.8, 4) is 0 Å². The third kappa shape index (κ3) is 1.74. The highest BCUT2D eigenvalue weighted by atomic mass is 16.5. The number of likely N-dealkylation sites (tertiary alicyclic amines) is 1. The van der Waals surface area contributed by atoms with Gasteiger partial charge in [-0.2, -0.15) is 0 Å². The first-order valence-electron chi connectivity index (χ1n) is 6.43. The minimum atomic E-state index is 0.0189. The van der Waals surface area contributed by atoms with Crippen LogP contribution in [0.4, 0.5) is 0 Å². The topological polar surface area (TPSA) is 41.6 Å². The van der Waals surface area contributed by atoms with E-state index >= 15 is 0 Å². The average Bonchev–Trinajstić information content (AvgIpc) is 2.61. The van der Waals surface area contributed by atoms with Crippen molar-refractivity contribution in [2.45, 2.75) is 31.3 Å². The van der Waals surface area contributed by atoms with Gasteiger partial charge >= 0.3 is 0 Å². The Hall–Kier alpha value is -0.610. The molecule has 1 atom stereocenters. The first-order chi connectivity index (χ1) is 7.79. The first kappa shape index (κ1) is 10.5. The molecular formula is C12H20N2O2. The van der Waals surface area contributed by atoms with Gasteiger partial charge in [0.05, 0.1) is 11.5 Å². The summed E-state index contributed by atoms with van der Waals surface area (Å²) in [6, 6.07) is 0. The molecule has 0 aliphatic carbocycles. The number of nitrogens with zero attached hydrogens (tertiary/aromatic N) is 1. The van der Waals surface area contributed by atoms with Crippen LogP contribution in [-0.2, 0) is 9.53 Å². The van der Waals surface area contributed by atoms with Gasteiger partial charge in [0.1, 0.15) is 0 Å². The van der Waals surface area contributed by atoms with Crippen molar-refractivity contribution in [3.05, 3.63) is 0 Å². The zero-order valence-electron chi connectivity index (χ0n) is 9.71. The summed E-state index contributed by atoms with van der Waals surface area (Å²) >= 11 is 0. The molecule has 0 saturated carbocycles. The van der Waals surface area contributed by atoms with Gasteiger partial charge in [0, 0.05) is 32.8 Å². The molecule has 3 fully saturated rings. The van der Waals surface area contributed by atoms with Crippen LogP contribution in [0, 0.1) is 5.92 Å². The first-order valence-corrected chi connectivity index (χ1v) is 6.43. The normalized spacial score (nSPS) is 35.4. The summed E-state index contributed by atoms with van der Waals surface area (Å²) in [7, 11) is 0. The second kappa shape index (κ2) is 4.00. The van der Waals surface area contributed by atoms with Crippen molar-refractivity contribution in [2.75, 3.05) is 32.8 Å². The number of hydrogen-bond acceptors (Lipinski definition) is 3. The Morgan fingerprint density at radius 2 is 2.19 bits per heavy atom. The van der Waals surface area contributed by atoms with E-state index in [0.29, 0.717) is 5.91 Å². The molecule has 16 heavy (non-hydrogen) atoms. The van der Waals surface area contributed by atoms with Crippen molar-refractivity contribution in [2.24, 2.45) is 5.92 Å². The molecule has 3 aliphatic rings. The van der Waals surface area contributed by atoms with Gasteiger partial charge in [-0.05, 0) is 25.7 Å². The van der Waals surface area contributed by atoms with E-state index in [0.717, 1.165) is 45.6 Å². The molecule has 90 valence electrons. The lowest BCUT2D eigenvalue weighted by Crippen LogP contribution is -2.52. The van der Waals surface area contributed by atoms with Gasteiger partial charge in [0.25, 0.3) is 0 Å². The summed E-state index contributed by atoms with van der Waals surface area (Å²) in [6.45, 7) is 4.34. The number of amides is 1. The van der Waals surface area contributed by atoms with Crippen LogP contribution in [0.5, 0.6) is 0 Å². The average molecular weight is 224 g/mol. The highest BCUT2D eigenvalue weighted by molar-refractivity contribution is 5.80. The van der Waals surface area contributed by atoms with Crippen molar-refractivity contribution in [3.63, 3.8) is 0 Å². The van der Waals surface area contributed by atoms with Crippen molar-refractivity contribution < 1.29 is 9.53 Å². The van der Waals surface area contributed by atoms with Crippen molar-refractivity contribution in [1.82, 2.24) is 10.2 Å². The number of hydrogen-bond donors (Lipinski definition) is 1. The van der Waals surface area contributed by atoms with E-state index in [1.165, 1.54) is 12.8 Å². The van der Waals surface area contributed by atoms with Gasteiger partial charge in [-0.1, -0.05) is 0 Å². The summed E-state index contributed by atoms with van der Waals surface area (Å²) in [4.78, 5) is 14.1. The van der Waals surface area contributed by atoms with Gasteiger partial charge in [-0.15, -0.1) is 0 Å². The zero-order chi connectivity index (χ0) is 11.0. The van der Waals surface area contributed by atoms with Gasteiger partial charge in [-0.3, -0.25) is 4.79 Å². The molecule has 0 aromatic rings. The van der Waals surface area contributed by atoms with Crippen LogP contribution in [0.1, 0.15) is 25.7 Å². The summed E-state index contributed by atoms with van der Waals surface area (Å²) in [5, 5.41) is 3.16. The number of carbonyl (C=O) groups excluding carboxylic acids is 1. The van der Waals surface area contributed by atoms with Crippen LogP contribution in [0.25, 0.3) is 0 Å². The lowest BCUT2D eigenvalue weighted by molar-refractivity contribution is -0.138. The maximum absolute atomic E-state index is 12.1. The monoisotopic (exact) mass is 224 g/mol. The fourth-order valence-electron chi connectivity index (χ4n) is 2.99. The van der Waals surface area contributed by atoms with E-state index in [-0.39, 0.29) is 11.5 Å². The molecule has 0 radical (unpaired) electrons. The third-order valence-electron chi connectivity index (χ3n) is 4.19. The molecule has 3 heterocycles. The van der Waals surface area contributed by atoms with Gasteiger partial charge in [0.2, 0.25) is 5.91 Å². The Morgan fingerprint density at radius 3 is 2.81 bits per heavy atom. The minimum Gasteiger partial charge on any atom is -0.373 e. The molecular weight excluding hydrogens is 204 g/mol. The minimum absolute atomic E-state index is 0.0189. The Balaban J connectivity index is 1.61. The van der Waals surface area contributed by atoms with E-state index < -0.39 is 0 Å². The summed E-state index contributed by atoms with van der Waals surface area (Å²) in [6.07, 6.45) is 4.62. The van der Waals surface area contributed by atoms with Crippen LogP contribution in [-0.4, -0.2) is 49.2 Å². The van der Waals surface area contributed by atoms with Crippen molar-refractivity contribution >= 4 is 5.91 Å². The van der Waals surface area contributed by atoms with E-state index in [2.05, 4.69) is 5.32 Å². The SMILES string of the molecule is O=C(C1CNC1)N1CC[C@]2(CCCCO2)C1. The highest BCUT2D eigenvalue weighted by Crippen LogP contribution is 2.34. The lowest BCUT2D eigenvalue weighted by atomic mass is 9.93. The molecule has 4 nitrogen and oxygen atoms in total. The third-order valence-corrected chi connectivity index (χ3v) is 4.19. The molecule has 3 aliphatic heterocycles. The molecule has 4 heteroatoms. The Morgan fingerprint density at radius 1 is 1.31 bits per heavy atom. The maximum atomic E-state index is 12.1. The van der Waals surface area contributed by atoms with Gasteiger partial charge in [-0.25, -0.2) is 0 Å². The van der Waals surface area contributed by atoms with E-state index in [1.54, 1.807) is 0 Å². The zero-order valence-corrected chi connectivity index (χ0v) is 9.71. The highest BCUT2D eigenvalue weighted by Gasteiger charge is 2.43. The van der Waals surface area contributed by atoms with Crippen LogP contribution in [0.2, 0.25) is 0 Å². The standard InChI is InChI=1S/C12H20N2O2/c15-11(10-7-13-8-10)14-5-4-12(9-14)3-1-2-6-16-12/h10,13H,1-9H2/t12-/m1/s1. The van der Waals surface area contributed by atoms with Crippen LogP contribution in [0.15, 0.2) is 0 Å². The summed E-state index contributed by atoms with van der Waals surface area (Å²) in [5.74, 6) is 0.573. The van der Waals surface area contributed by atoms with Crippen LogP contribution in [0.3, 0.4) is 0 Å². The largest absolute Gasteiger partial charge is 0.373 e. The predicted molar refractivity (Wildman–Crippen MR) is 60.1 cm³/mol. The molecule has 1 spiro atoms. The Bertz CT molecular complexity index is 283. The molecule has 3 saturated heterocycles. The molecule has 1 N–H and O–H groups in total. The second-order valence-electron chi connectivity index (χ2n) is 5.35. The molecule has 1 amide bonds. The van der Waals surface area contributed by atoms with E-state index in [1.807, 2.05) is 4.90 Å². The quantitative estimate of drug-likeness (QED) is 0.700. The van der Waals surface area contributed by atoms with Gasteiger partial charge in [0.15, 0.2) is 0 Å². The Labute approximate surface area is 96.3 Å². The smallest absolute Gasteiger partial charge is 0.228 e. The van der Waals surface area contributed by atoms with Crippen LogP contribution < -0.4 is 5.32 Å². The fraction of sp³-hybridized carbons (Fsp3) is 0.917. The number of rotatable bonds is 1. The lowest BCUT2D eigenvalue weighted by Gasteiger charge is -2.35. The number of nitrogens with one attached hydrogen (secondary N) is 1. The van der Waals surface area contributed by atoms with E-state index in [4.69, 9.17) is 4.74 Å². The second-order valence-corrected chi connectivity index (χ2v) is 5.35. The number of carbonyl (C=O) groups is 1. The molecule has 0 bridgehead atoms. The predicted octanol–water partition coefficient (Wildman–Crippen LogP) is 0.377. The summed E-state index contributed by atoms with van der Waals surface area (Å²) < 4.78 is 5.93.